The zero-order chi connectivity index (χ0) is 13.2. The van der Waals surface area contributed by atoms with Crippen LogP contribution >= 0.6 is 11.6 Å². The van der Waals surface area contributed by atoms with Crippen molar-refractivity contribution in [1.29, 1.82) is 0 Å². The first-order valence-electron chi connectivity index (χ1n) is 4.94. The van der Waals surface area contributed by atoms with Gasteiger partial charge in [0.05, 0.1) is 21.7 Å². The Morgan fingerprint density at radius 2 is 2.12 bits per heavy atom. The summed E-state index contributed by atoms with van der Waals surface area (Å²) >= 11 is 5.72. The van der Waals surface area contributed by atoms with Crippen molar-refractivity contribution >= 4 is 27.3 Å². The topological polar surface area (TPSA) is 83.6 Å². The van der Waals surface area contributed by atoms with Crippen LogP contribution in [0.15, 0.2) is 23.1 Å². The van der Waals surface area contributed by atoms with E-state index in [4.69, 9.17) is 17.3 Å². The van der Waals surface area contributed by atoms with Gasteiger partial charge in [0.25, 0.3) is 0 Å². The molecule has 0 aromatic heterocycles. The second-order valence-electron chi connectivity index (χ2n) is 3.82. The summed E-state index contributed by atoms with van der Waals surface area (Å²) in [6.07, 6.45) is -0.737. The monoisotopic (exact) mass is 278 g/mol. The summed E-state index contributed by atoms with van der Waals surface area (Å²) in [5, 5.41) is 9.49. The van der Waals surface area contributed by atoms with E-state index in [-0.39, 0.29) is 17.1 Å². The van der Waals surface area contributed by atoms with Crippen molar-refractivity contribution in [3.63, 3.8) is 0 Å². The molecule has 1 rings (SSSR count). The third-order valence-corrected chi connectivity index (χ3v) is 4.36. The average Bonchev–Trinajstić information content (AvgIpc) is 2.20. The molecule has 0 saturated heterocycles. The smallest absolute Gasteiger partial charge is 0.242 e. The van der Waals surface area contributed by atoms with Gasteiger partial charge in [-0.05, 0) is 25.1 Å². The van der Waals surface area contributed by atoms with E-state index < -0.39 is 16.1 Å². The van der Waals surface area contributed by atoms with Crippen LogP contribution in [0.1, 0.15) is 6.92 Å². The Labute approximate surface area is 106 Å². The van der Waals surface area contributed by atoms with Crippen LogP contribution in [0.2, 0.25) is 5.02 Å². The van der Waals surface area contributed by atoms with Gasteiger partial charge in [-0.3, -0.25) is 0 Å². The Kier molecular flexibility index (Phi) is 4.37. The molecule has 96 valence electrons. The number of rotatable bonds is 4. The van der Waals surface area contributed by atoms with E-state index in [1.165, 1.54) is 32.2 Å². The number of halogens is 1. The molecule has 0 aliphatic carbocycles. The molecule has 3 N–H and O–H groups in total. The van der Waals surface area contributed by atoms with Gasteiger partial charge >= 0.3 is 0 Å². The van der Waals surface area contributed by atoms with Crippen molar-refractivity contribution in [3.8, 4) is 0 Å². The Morgan fingerprint density at radius 3 is 2.59 bits per heavy atom. The summed E-state index contributed by atoms with van der Waals surface area (Å²) in [5.74, 6) is 0. The normalized spacial score (nSPS) is 13.9. The second kappa shape index (κ2) is 5.22. The molecule has 0 spiro atoms. The Morgan fingerprint density at radius 1 is 1.53 bits per heavy atom. The number of benzene rings is 1. The fourth-order valence-corrected chi connectivity index (χ4v) is 2.74. The fraction of sp³-hybridized carbons (Fsp3) is 0.400. The third-order valence-electron chi connectivity index (χ3n) is 2.20. The van der Waals surface area contributed by atoms with Crippen LogP contribution in [0.25, 0.3) is 0 Å². The molecule has 0 heterocycles. The molecular weight excluding hydrogens is 264 g/mol. The van der Waals surface area contributed by atoms with Crippen LogP contribution in [0.4, 0.5) is 5.69 Å². The molecule has 0 aliphatic rings. The quantitative estimate of drug-likeness (QED) is 0.803. The predicted molar refractivity (Wildman–Crippen MR) is 67.4 cm³/mol. The highest BCUT2D eigenvalue weighted by atomic mass is 35.5. The van der Waals surface area contributed by atoms with Crippen LogP contribution in [0, 0.1) is 0 Å². The predicted octanol–water partition coefficient (Wildman–Crippen LogP) is 0.924. The number of nitrogen functional groups attached to an aromatic ring is 1. The van der Waals surface area contributed by atoms with Gasteiger partial charge in [-0.25, -0.2) is 8.42 Å². The van der Waals surface area contributed by atoms with Gasteiger partial charge < -0.3 is 10.8 Å². The summed E-state index contributed by atoms with van der Waals surface area (Å²) in [4.78, 5) is 0.0579. The van der Waals surface area contributed by atoms with E-state index in [2.05, 4.69) is 0 Å². The number of likely N-dealkylation sites (N-methyl/N-ethyl adjacent to an activating group) is 1. The highest BCUT2D eigenvalue weighted by Gasteiger charge is 2.22. The van der Waals surface area contributed by atoms with E-state index in [1.807, 2.05) is 0 Å². The number of nitrogens with two attached hydrogens (primary N) is 1. The Bertz CT molecular complexity index is 502. The molecule has 5 nitrogen and oxygen atoms in total. The number of hydrogen-bond donors (Lipinski definition) is 2. The second-order valence-corrected chi connectivity index (χ2v) is 6.27. The molecule has 0 amide bonds. The van der Waals surface area contributed by atoms with Crippen LogP contribution in [0.3, 0.4) is 0 Å². The van der Waals surface area contributed by atoms with E-state index in [9.17, 15) is 13.5 Å². The van der Waals surface area contributed by atoms with Gasteiger partial charge in [-0.1, -0.05) is 11.6 Å². The molecule has 0 aliphatic heterocycles. The number of nitrogens with zero attached hydrogens (tertiary/aromatic N) is 1. The van der Waals surface area contributed by atoms with Crippen molar-refractivity contribution in [2.24, 2.45) is 0 Å². The molecule has 1 aromatic rings. The maximum atomic E-state index is 12.0. The number of sulfonamides is 1. The maximum absolute atomic E-state index is 12.0. The summed E-state index contributed by atoms with van der Waals surface area (Å²) in [7, 11) is -2.24. The Balaban J connectivity index is 3.09. The first-order chi connectivity index (χ1) is 7.75. The van der Waals surface area contributed by atoms with Crippen molar-refractivity contribution in [3.05, 3.63) is 23.2 Å². The minimum atomic E-state index is -3.64. The maximum Gasteiger partial charge on any atom is 0.242 e. The number of anilines is 1. The van der Waals surface area contributed by atoms with Crippen LogP contribution < -0.4 is 5.73 Å². The van der Waals surface area contributed by atoms with E-state index in [0.717, 1.165) is 4.31 Å². The first-order valence-corrected chi connectivity index (χ1v) is 6.76. The highest BCUT2D eigenvalue weighted by molar-refractivity contribution is 7.89. The van der Waals surface area contributed by atoms with Crippen LogP contribution in [-0.2, 0) is 10.0 Å². The lowest BCUT2D eigenvalue weighted by molar-refractivity contribution is 0.171. The minimum absolute atomic E-state index is 0.0187. The highest BCUT2D eigenvalue weighted by Crippen LogP contribution is 2.23. The van der Waals surface area contributed by atoms with E-state index in [1.54, 1.807) is 0 Å². The largest absolute Gasteiger partial charge is 0.397 e. The van der Waals surface area contributed by atoms with Crippen LogP contribution in [0.5, 0.6) is 0 Å². The molecule has 0 radical (unpaired) electrons. The minimum Gasteiger partial charge on any atom is -0.397 e. The molecule has 1 unspecified atom stereocenters. The van der Waals surface area contributed by atoms with Gasteiger partial charge in [0, 0.05) is 13.6 Å². The van der Waals surface area contributed by atoms with Gasteiger partial charge in [-0.15, -0.1) is 0 Å². The lowest BCUT2D eigenvalue weighted by Crippen LogP contribution is -2.33. The molecular formula is C10H15ClN2O3S. The van der Waals surface area contributed by atoms with Gasteiger partial charge in [0.15, 0.2) is 0 Å². The number of hydrogen-bond acceptors (Lipinski definition) is 4. The van der Waals surface area contributed by atoms with Gasteiger partial charge in [0.1, 0.15) is 0 Å². The molecule has 0 bridgehead atoms. The zero-order valence-corrected chi connectivity index (χ0v) is 11.2. The fourth-order valence-electron chi connectivity index (χ4n) is 1.33. The summed E-state index contributed by atoms with van der Waals surface area (Å²) < 4.78 is 25.2. The summed E-state index contributed by atoms with van der Waals surface area (Å²) in [6, 6.07) is 4.11. The number of aliphatic hydroxyl groups excluding tert-OH is 1. The molecule has 1 aromatic carbocycles. The van der Waals surface area contributed by atoms with Crippen molar-refractivity contribution in [1.82, 2.24) is 4.31 Å². The van der Waals surface area contributed by atoms with E-state index >= 15 is 0 Å². The summed E-state index contributed by atoms with van der Waals surface area (Å²) in [6.45, 7) is 1.53. The van der Waals surface area contributed by atoms with Crippen molar-refractivity contribution in [2.75, 3.05) is 19.3 Å². The third kappa shape index (κ3) is 3.32. The molecule has 1 atom stereocenters. The molecule has 0 saturated carbocycles. The van der Waals surface area contributed by atoms with Crippen LogP contribution in [-0.4, -0.2) is 37.5 Å². The SMILES string of the molecule is CC(O)CN(C)S(=O)(=O)c1ccc(Cl)c(N)c1. The molecule has 0 fully saturated rings. The average molecular weight is 279 g/mol. The zero-order valence-electron chi connectivity index (χ0n) is 9.59. The van der Waals surface area contributed by atoms with Crippen molar-refractivity contribution < 1.29 is 13.5 Å². The number of aliphatic hydroxyl groups is 1. The lowest BCUT2D eigenvalue weighted by atomic mass is 10.3. The van der Waals surface area contributed by atoms with Gasteiger partial charge in [-0.2, -0.15) is 4.31 Å². The Hall–Kier alpha value is -0.820. The summed E-state index contributed by atoms with van der Waals surface area (Å²) in [5.41, 5.74) is 5.76. The molecule has 17 heavy (non-hydrogen) atoms. The van der Waals surface area contributed by atoms with Crippen molar-refractivity contribution in [2.45, 2.75) is 17.9 Å². The molecule has 7 heteroatoms. The van der Waals surface area contributed by atoms with E-state index in [0.29, 0.717) is 5.02 Å². The first kappa shape index (κ1) is 14.2. The standard InChI is InChI=1S/C10H15ClN2O3S/c1-7(14)6-13(2)17(15,16)8-3-4-9(11)10(12)5-8/h3-5,7,14H,6,12H2,1-2H3. The lowest BCUT2D eigenvalue weighted by Gasteiger charge is -2.18. The van der Waals surface area contributed by atoms with Gasteiger partial charge in [0.2, 0.25) is 10.0 Å².